The molecule has 0 aliphatic carbocycles. The first-order valence-electron chi connectivity index (χ1n) is 4.86. The van der Waals surface area contributed by atoms with Crippen molar-refractivity contribution in [2.24, 2.45) is 0 Å². The van der Waals surface area contributed by atoms with Crippen molar-refractivity contribution in [3.63, 3.8) is 0 Å². The number of ether oxygens (including phenoxy) is 1. The number of carbonyl (C=O) groups is 1. The Morgan fingerprint density at radius 3 is 2.53 bits per heavy atom. The van der Waals surface area contributed by atoms with Gasteiger partial charge in [0, 0.05) is 5.56 Å². The van der Waals surface area contributed by atoms with Crippen LogP contribution >= 0.6 is 11.6 Å². The maximum Gasteiger partial charge on any atom is 0.155 e. The molecule has 0 fully saturated rings. The zero-order valence-electron chi connectivity index (χ0n) is 9.05. The van der Waals surface area contributed by atoms with E-state index < -0.39 is 0 Å². The number of nitrogens with zero attached hydrogens (tertiary/aromatic N) is 2. The molecule has 1 heterocycles. The van der Waals surface area contributed by atoms with Gasteiger partial charge in [0.15, 0.2) is 6.29 Å². The summed E-state index contributed by atoms with van der Waals surface area (Å²) in [5.74, 6) is 0.738. The van der Waals surface area contributed by atoms with Crippen LogP contribution in [0.5, 0.6) is 5.75 Å². The number of hydrogen-bond donors (Lipinski definition) is 0. The van der Waals surface area contributed by atoms with Crippen molar-refractivity contribution >= 4 is 17.9 Å². The van der Waals surface area contributed by atoms with E-state index in [2.05, 4.69) is 9.97 Å². The van der Waals surface area contributed by atoms with Gasteiger partial charge in [-0.2, -0.15) is 0 Å². The molecule has 2 rings (SSSR count). The summed E-state index contributed by atoms with van der Waals surface area (Å²) >= 11 is 5.83. The molecule has 0 aliphatic heterocycles. The summed E-state index contributed by atoms with van der Waals surface area (Å²) in [7, 11) is 1.59. The summed E-state index contributed by atoms with van der Waals surface area (Å²) in [5.41, 5.74) is 1.60. The van der Waals surface area contributed by atoms with E-state index in [1.807, 2.05) is 12.1 Å². The van der Waals surface area contributed by atoms with E-state index in [4.69, 9.17) is 16.3 Å². The van der Waals surface area contributed by atoms with E-state index in [0.717, 1.165) is 11.3 Å². The minimum atomic E-state index is 0.154. The van der Waals surface area contributed by atoms with Crippen LogP contribution in [0.15, 0.2) is 30.6 Å². The van der Waals surface area contributed by atoms with Gasteiger partial charge in [-0.25, -0.2) is 9.97 Å². The summed E-state index contributed by atoms with van der Waals surface area (Å²) in [6.45, 7) is 0. The SMILES string of the molecule is COc1ccc(-c2ncnc(Cl)c2C=O)cc1. The van der Waals surface area contributed by atoms with Gasteiger partial charge in [0.1, 0.15) is 17.2 Å². The Bertz CT molecular complexity index is 541. The van der Waals surface area contributed by atoms with Gasteiger partial charge in [-0.05, 0) is 24.3 Å². The lowest BCUT2D eigenvalue weighted by molar-refractivity contribution is 0.112. The van der Waals surface area contributed by atoms with Crippen molar-refractivity contribution < 1.29 is 9.53 Å². The minimum absolute atomic E-state index is 0.154. The van der Waals surface area contributed by atoms with E-state index in [0.29, 0.717) is 17.5 Å². The average molecular weight is 249 g/mol. The van der Waals surface area contributed by atoms with Crippen molar-refractivity contribution in [3.05, 3.63) is 41.3 Å². The van der Waals surface area contributed by atoms with Crippen LogP contribution in [0.4, 0.5) is 0 Å². The standard InChI is InChI=1S/C12H9ClN2O2/c1-17-9-4-2-8(3-5-9)11-10(6-16)12(13)15-7-14-11/h2-7H,1H3. The molecule has 0 spiro atoms. The highest BCUT2D eigenvalue weighted by molar-refractivity contribution is 6.32. The summed E-state index contributed by atoms with van der Waals surface area (Å²) in [6.07, 6.45) is 1.98. The van der Waals surface area contributed by atoms with Crippen LogP contribution in [-0.2, 0) is 0 Å². The first kappa shape index (κ1) is 11.5. The second-order valence-corrected chi connectivity index (χ2v) is 3.63. The third-order valence-electron chi connectivity index (χ3n) is 2.32. The molecule has 17 heavy (non-hydrogen) atoms. The Kier molecular flexibility index (Phi) is 3.35. The fourth-order valence-electron chi connectivity index (χ4n) is 1.46. The van der Waals surface area contributed by atoms with E-state index in [1.54, 1.807) is 19.2 Å². The Morgan fingerprint density at radius 1 is 1.24 bits per heavy atom. The van der Waals surface area contributed by atoms with Crippen LogP contribution in [-0.4, -0.2) is 23.4 Å². The van der Waals surface area contributed by atoms with Crippen molar-refractivity contribution in [1.82, 2.24) is 9.97 Å². The van der Waals surface area contributed by atoms with E-state index in [9.17, 15) is 4.79 Å². The number of benzene rings is 1. The van der Waals surface area contributed by atoms with Gasteiger partial charge < -0.3 is 4.74 Å². The number of rotatable bonds is 3. The fraction of sp³-hybridized carbons (Fsp3) is 0.0833. The number of carbonyl (C=O) groups excluding carboxylic acids is 1. The number of hydrogen-bond acceptors (Lipinski definition) is 4. The zero-order chi connectivity index (χ0) is 12.3. The summed E-state index contributed by atoms with van der Waals surface area (Å²) in [5, 5.41) is 0.154. The highest BCUT2D eigenvalue weighted by atomic mass is 35.5. The third-order valence-corrected chi connectivity index (χ3v) is 2.62. The quantitative estimate of drug-likeness (QED) is 0.619. The van der Waals surface area contributed by atoms with Gasteiger partial charge in [-0.15, -0.1) is 0 Å². The predicted molar refractivity (Wildman–Crippen MR) is 64.4 cm³/mol. The van der Waals surface area contributed by atoms with Gasteiger partial charge in [0.25, 0.3) is 0 Å². The van der Waals surface area contributed by atoms with Gasteiger partial charge in [-0.1, -0.05) is 11.6 Å². The van der Waals surface area contributed by atoms with Crippen molar-refractivity contribution in [2.45, 2.75) is 0 Å². The fourth-order valence-corrected chi connectivity index (χ4v) is 1.64. The number of methoxy groups -OCH3 is 1. The molecule has 0 unspecified atom stereocenters. The molecule has 5 heteroatoms. The third kappa shape index (κ3) is 2.26. The van der Waals surface area contributed by atoms with Gasteiger partial charge >= 0.3 is 0 Å². The molecule has 2 aromatic rings. The molecule has 0 bridgehead atoms. The highest BCUT2D eigenvalue weighted by Crippen LogP contribution is 2.25. The largest absolute Gasteiger partial charge is 0.497 e. The molecule has 0 N–H and O–H groups in total. The topological polar surface area (TPSA) is 52.1 Å². The van der Waals surface area contributed by atoms with Crippen LogP contribution in [0.1, 0.15) is 10.4 Å². The van der Waals surface area contributed by atoms with Crippen LogP contribution in [0, 0.1) is 0 Å². The molecule has 0 saturated carbocycles. The predicted octanol–water partition coefficient (Wildman–Crippen LogP) is 2.62. The molecule has 0 saturated heterocycles. The molecule has 0 radical (unpaired) electrons. The Labute approximate surface area is 103 Å². The average Bonchev–Trinajstić information content (AvgIpc) is 2.38. The Balaban J connectivity index is 2.52. The maximum absolute atomic E-state index is 11.0. The summed E-state index contributed by atoms with van der Waals surface area (Å²) < 4.78 is 5.06. The van der Waals surface area contributed by atoms with E-state index in [1.165, 1.54) is 6.33 Å². The molecular formula is C12H9ClN2O2. The van der Waals surface area contributed by atoms with Crippen LogP contribution in [0.2, 0.25) is 5.15 Å². The molecule has 0 atom stereocenters. The lowest BCUT2D eigenvalue weighted by Crippen LogP contribution is -1.95. The normalized spacial score (nSPS) is 10.0. The molecule has 1 aromatic carbocycles. The summed E-state index contributed by atoms with van der Waals surface area (Å²) in [4.78, 5) is 18.8. The molecule has 86 valence electrons. The maximum atomic E-state index is 11.0. The Hall–Kier alpha value is -1.94. The molecular weight excluding hydrogens is 240 g/mol. The minimum Gasteiger partial charge on any atom is -0.497 e. The van der Waals surface area contributed by atoms with Crippen LogP contribution in [0.3, 0.4) is 0 Å². The molecule has 1 aromatic heterocycles. The first-order chi connectivity index (χ1) is 8.26. The zero-order valence-corrected chi connectivity index (χ0v) is 9.81. The smallest absolute Gasteiger partial charge is 0.155 e. The van der Waals surface area contributed by atoms with Crippen LogP contribution in [0.25, 0.3) is 11.3 Å². The van der Waals surface area contributed by atoms with Crippen LogP contribution < -0.4 is 4.74 Å². The van der Waals surface area contributed by atoms with Crippen molar-refractivity contribution in [2.75, 3.05) is 7.11 Å². The summed E-state index contributed by atoms with van der Waals surface area (Å²) in [6, 6.07) is 7.20. The lowest BCUT2D eigenvalue weighted by atomic mass is 10.1. The van der Waals surface area contributed by atoms with Gasteiger partial charge in [-0.3, -0.25) is 4.79 Å². The van der Waals surface area contributed by atoms with E-state index >= 15 is 0 Å². The lowest BCUT2D eigenvalue weighted by Gasteiger charge is -2.05. The van der Waals surface area contributed by atoms with Gasteiger partial charge in [0.2, 0.25) is 0 Å². The second kappa shape index (κ2) is 4.93. The van der Waals surface area contributed by atoms with Gasteiger partial charge in [0.05, 0.1) is 18.4 Å². The molecule has 0 amide bonds. The van der Waals surface area contributed by atoms with E-state index in [-0.39, 0.29) is 5.15 Å². The number of aldehydes is 1. The Morgan fingerprint density at radius 2 is 1.94 bits per heavy atom. The number of aromatic nitrogens is 2. The van der Waals surface area contributed by atoms with Crippen molar-refractivity contribution in [1.29, 1.82) is 0 Å². The van der Waals surface area contributed by atoms with Crippen molar-refractivity contribution in [3.8, 4) is 17.0 Å². The highest BCUT2D eigenvalue weighted by Gasteiger charge is 2.10. The monoisotopic (exact) mass is 248 g/mol. The molecule has 0 aliphatic rings. The second-order valence-electron chi connectivity index (χ2n) is 3.27. The molecule has 4 nitrogen and oxygen atoms in total. The number of halogens is 1. The first-order valence-corrected chi connectivity index (χ1v) is 5.24.